The van der Waals surface area contributed by atoms with Crippen molar-refractivity contribution in [3.05, 3.63) is 90.0 Å². The van der Waals surface area contributed by atoms with Gasteiger partial charge in [-0.25, -0.2) is 4.79 Å². The highest BCUT2D eigenvalue weighted by molar-refractivity contribution is 6.07. The number of anilines is 2. The molecule has 0 aliphatic carbocycles. The number of rotatable bonds is 8. The van der Waals surface area contributed by atoms with Crippen molar-refractivity contribution in [2.24, 2.45) is 0 Å². The Morgan fingerprint density at radius 2 is 1.64 bits per heavy atom. The maximum atomic E-state index is 12.9. The molecular weight excluding hydrogens is 416 g/mol. The molecule has 0 spiro atoms. The fourth-order valence-electron chi connectivity index (χ4n) is 3.77. The first-order valence-corrected chi connectivity index (χ1v) is 11.1. The van der Waals surface area contributed by atoms with Crippen LogP contribution in [0.4, 0.5) is 11.4 Å². The average Bonchev–Trinajstić information content (AvgIpc) is 2.83. The summed E-state index contributed by atoms with van der Waals surface area (Å²) in [6, 6.07) is 24.5. The minimum absolute atomic E-state index is 0.00128. The van der Waals surface area contributed by atoms with Crippen molar-refractivity contribution in [2.75, 3.05) is 23.4 Å². The molecule has 3 aromatic rings. The predicted molar refractivity (Wildman–Crippen MR) is 129 cm³/mol. The summed E-state index contributed by atoms with van der Waals surface area (Å²) >= 11 is 0. The Kier molecular flexibility index (Phi) is 6.63. The average molecular weight is 445 g/mol. The van der Waals surface area contributed by atoms with E-state index in [-0.39, 0.29) is 12.5 Å². The number of fused-ring (bicyclic) bond motifs is 1. The van der Waals surface area contributed by atoms with Gasteiger partial charge in [0.25, 0.3) is 5.91 Å². The maximum absolute atomic E-state index is 12.9. The first kappa shape index (κ1) is 22.4. The predicted octanol–water partition coefficient (Wildman–Crippen LogP) is 5.05. The number of amides is 1. The topological polar surface area (TPSA) is 67.9 Å². The van der Waals surface area contributed by atoms with E-state index in [1.807, 2.05) is 68.4 Å². The lowest BCUT2D eigenvalue weighted by atomic mass is 9.98. The molecule has 1 N–H and O–H groups in total. The fraction of sp³-hybridized carbons (Fsp3) is 0.259. The summed E-state index contributed by atoms with van der Waals surface area (Å²) < 4.78 is 11.2. The molecule has 0 bridgehead atoms. The van der Waals surface area contributed by atoms with Gasteiger partial charge in [-0.1, -0.05) is 42.5 Å². The van der Waals surface area contributed by atoms with Gasteiger partial charge in [0, 0.05) is 6.54 Å². The highest BCUT2D eigenvalue weighted by atomic mass is 16.5. The number of esters is 1. The normalized spacial score (nSPS) is 14.2. The number of benzene rings is 3. The summed E-state index contributed by atoms with van der Waals surface area (Å²) in [6.45, 7) is 4.90. The second-order valence-corrected chi connectivity index (χ2v) is 8.51. The summed E-state index contributed by atoms with van der Waals surface area (Å²) in [5.41, 5.74) is 2.63. The van der Waals surface area contributed by atoms with E-state index < -0.39 is 11.5 Å². The van der Waals surface area contributed by atoms with Gasteiger partial charge in [0.1, 0.15) is 17.9 Å². The molecule has 3 aromatic carbocycles. The van der Waals surface area contributed by atoms with Crippen molar-refractivity contribution < 1.29 is 19.1 Å². The van der Waals surface area contributed by atoms with E-state index in [0.29, 0.717) is 30.9 Å². The summed E-state index contributed by atoms with van der Waals surface area (Å²) in [5, 5.41) is 3.28. The first-order valence-electron chi connectivity index (χ1n) is 11.1. The van der Waals surface area contributed by atoms with Crippen molar-refractivity contribution in [2.45, 2.75) is 32.4 Å². The van der Waals surface area contributed by atoms with Crippen LogP contribution in [0.5, 0.6) is 5.75 Å². The zero-order valence-electron chi connectivity index (χ0n) is 18.9. The van der Waals surface area contributed by atoms with Crippen molar-refractivity contribution in [3.63, 3.8) is 0 Å². The van der Waals surface area contributed by atoms with Crippen LogP contribution in [0.3, 0.4) is 0 Å². The largest absolute Gasteiger partial charge is 0.489 e. The maximum Gasteiger partial charge on any atom is 0.338 e. The van der Waals surface area contributed by atoms with Crippen LogP contribution < -0.4 is 15.0 Å². The van der Waals surface area contributed by atoms with Gasteiger partial charge in [0.05, 0.1) is 23.5 Å². The molecule has 1 aliphatic heterocycles. The van der Waals surface area contributed by atoms with Gasteiger partial charge < -0.3 is 19.7 Å². The van der Waals surface area contributed by atoms with Crippen molar-refractivity contribution in [1.82, 2.24) is 0 Å². The summed E-state index contributed by atoms with van der Waals surface area (Å²) in [4.78, 5) is 27.0. The monoisotopic (exact) mass is 444 g/mol. The van der Waals surface area contributed by atoms with Gasteiger partial charge in [-0.05, 0) is 62.2 Å². The van der Waals surface area contributed by atoms with Crippen LogP contribution in [0, 0.1) is 0 Å². The number of hydrogen-bond donors (Lipinski definition) is 1. The molecule has 33 heavy (non-hydrogen) atoms. The van der Waals surface area contributed by atoms with Crippen LogP contribution in [-0.2, 0) is 16.1 Å². The Morgan fingerprint density at radius 1 is 0.939 bits per heavy atom. The minimum atomic E-state index is -0.685. The molecule has 0 fully saturated rings. The highest BCUT2D eigenvalue weighted by Crippen LogP contribution is 2.35. The molecule has 1 heterocycles. The third kappa shape index (κ3) is 5.34. The summed E-state index contributed by atoms with van der Waals surface area (Å²) in [6.07, 6.45) is 0.542. The third-order valence-corrected chi connectivity index (χ3v) is 5.52. The molecule has 0 saturated carbocycles. The number of carbonyl (C=O) groups is 2. The molecule has 0 unspecified atom stereocenters. The Balaban J connectivity index is 1.27. The summed E-state index contributed by atoms with van der Waals surface area (Å²) in [7, 11) is 0. The molecule has 1 amide bonds. The highest BCUT2D eigenvalue weighted by Gasteiger charge is 2.38. The number of ether oxygens (including phenoxy) is 2. The zero-order chi connectivity index (χ0) is 23.3. The van der Waals surface area contributed by atoms with Gasteiger partial charge in [-0.15, -0.1) is 0 Å². The van der Waals surface area contributed by atoms with Crippen LogP contribution in [0.25, 0.3) is 0 Å². The van der Waals surface area contributed by atoms with Crippen LogP contribution >= 0.6 is 0 Å². The van der Waals surface area contributed by atoms with Crippen LogP contribution in [0.2, 0.25) is 0 Å². The number of nitrogens with one attached hydrogen (secondary N) is 1. The first-order chi connectivity index (χ1) is 15.9. The van der Waals surface area contributed by atoms with Gasteiger partial charge in [0.15, 0.2) is 0 Å². The second kappa shape index (κ2) is 9.77. The molecule has 0 atom stereocenters. The van der Waals surface area contributed by atoms with Crippen molar-refractivity contribution in [3.8, 4) is 5.75 Å². The molecule has 170 valence electrons. The molecule has 0 radical (unpaired) electrons. The molecule has 1 aliphatic rings. The van der Waals surface area contributed by atoms with Gasteiger partial charge in [0.2, 0.25) is 0 Å². The zero-order valence-corrected chi connectivity index (χ0v) is 18.9. The molecular formula is C27H28N2O4. The Morgan fingerprint density at radius 3 is 2.39 bits per heavy atom. The smallest absolute Gasteiger partial charge is 0.338 e. The molecule has 0 aromatic heterocycles. The van der Waals surface area contributed by atoms with Gasteiger partial charge in [-0.2, -0.15) is 0 Å². The van der Waals surface area contributed by atoms with E-state index in [1.54, 1.807) is 29.2 Å². The lowest BCUT2D eigenvalue weighted by Crippen LogP contribution is -2.54. The lowest BCUT2D eigenvalue weighted by Gasteiger charge is -2.40. The van der Waals surface area contributed by atoms with Crippen LogP contribution in [0.15, 0.2) is 78.9 Å². The molecule has 0 saturated heterocycles. The van der Waals surface area contributed by atoms with E-state index in [9.17, 15) is 9.59 Å². The quantitative estimate of drug-likeness (QED) is 0.389. The van der Waals surface area contributed by atoms with E-state index in [4.69, 9.17) is 9.47 Å². The van der Waals surface area contributed by atoms with E-state index >= 15 is 0 Å². The SMILES string of the molecule is CC1(C)Nc2ccccc2N(CCCOC(=O)c2ccc(OCc3ccccc3)cc2)C1=O. The van der Waals surface area contributed by atoms with Crippen molar-refractivity contribution >= 4 is 23.3 Å². The third-order valence-electron chi connectivity index (χ3n) is 5.52. The fourth-order valence-corrected chi connectivity index (χ4v) is 3.77. The number of nitrogens with zero attached hydrogens (tertiary/aromatic N) is 1. The van der Waals surface area contributed by atoms with Crippen LogP contribution in [0.1, 0.15) is 36.2 Å². The van der Waals surface area contributed by atoms with Gasteiger partial charge in [-0.3, -0.25) is 4.79 Å². The number of para-hydroxylation sites is 2. The molecule has 6 heteroatoms. The number of hydrogen-bond acceptors (Lipinski definition) is 5. The van der Waals surface area contributed by atoms with Crippen LogP contribution in [-0.4, -0.2) is 30.6 Å². The Hall–Kier alpha value is -3.80. The summed E-state index contributed by atoms with van der Waals surface area (Å²) in [5.74, 6) is 0.296. The Bertz CT molecular complexity index is 1110. The van der Waals surface area contributed by atoms with Crippen molar-refractivity contribution in [1.29, 1.82) is 0 Å². The van der Waals surface area contributed by atoms with E-state index in [0.717, 1.165) is 16.9 Å². The van der Waals surface area contributed by atoms with Gasteiger partial charge >= 0.3 is 5.97 Å². The standard InChI is InChI=1S/C27H28N2O4/c1-27(2)26(31)29(24-12-7-6-11-23(24)28-27)17-8-18-32-25(30)21-13-15-22(16-14-21)33-19-20-9-4-3-5-10-20/h3-7,9-16,28H,8,17-19H2,1-2H3. The Labute approximate surface area is 194 Å². The minimum Gasteiger partial charge on any atom is -0.489 e. The number of carbonyl (C=O) groups excluding carboxylic acids is 2. The van der Waals surface area contributed by atoms with E-state index in [2.05, 4.69) is 5.32 Å². The molecule has 4 rings (SSSR count). The lowest BCUT2D eigenvalue weighted by molar-refractivity contribution is -0.122. The van der Waals surface area contributed by atoms with E-state index in [1.165, 1.54) is 0 Å². The molecule has 6 nitrogen and oxygen atoms in total. The second-order valence-electron chi connectivity index (χ2n) is 8.51.